The van der Waals surface area contributed by atoms with Gasteiger partial charge in [-0.2, -0.15) is 0 Å². The van der Waals surface area contributed by atoms with Crippen molar-refractivity contribution in [3.8, 4) is 17.2 Å². The zero-order chi connectivity index (χ0) is 27.7. The maximum Gasteiger partial charge on any atom is 0.244 e. The van der Waals surface area contributed by atoms with Gasteiger partial charge in [0.25, 0.3) is 0 Å². The van der Waals surface area contributed by atoms with Gasteiger partial charge >= 0.3 is 0 Å². The van der Waals surface area contributed by atoms with Gasteiger partial charge in [-0.3, -0.25) is 13.9 Å². The molecule has 1 heterocycles. The molecule has 1 aliphatic heterocycles. The van der Waals surface area contributed by atoms with Crippen LogP contribution in [0, 0.1) is 0 Å². The normalized spacial score (nSPS) is 13.4. The second-order valence-corrected chi connectivity index (χ2v) is 10.9. The van der Waals surface area contributed by atoms with Crippen LogP contribution in [0.2, 0.25) is 0 Å². The minimum absolute atomic E-state index is 0.106. The zero-order valence-corrected chi connectivity index (χ0v) is 23.3. The van der Waals surface area contributed by atoms with E-state index in [2.05, 4.69) is 5.32 Å². The Bertz CT molecular complexity index is 1220. The van der Waals surface area contributed by atoms with Gasteiger partial charge in [0.05, 0.1) is 19.1 Å². The molecule has 11 heteroatoms. The number of anilines is 1. The molecule has 0 bridgehead atoms. The summed E-state index contributed by atoms with van der Waals surface area (Å²) in [5, 5.41) is 2.91. The molecule has 2 amide bonds. The first kappa shape index (κ1) is 29.1. The molecule has 0 fully saturated rings. The Hall–Kier alpha value is -3.47. The van der Waals surface area contributed by atoms with Crippen molar-refractivity contribution in [1.82, 2.24) is 10.2 Å². The molecule has 0 aromatic heterocycles. The van der Waals surface area contributed by atoms with Crippen molar-refractivity contribution in [2.45, 2.75) is 45.7 Å². The minimum atomic E-state index is -3.86. The molecule has 208 valence electrons. The van der Waals surface area contributed by atoms with Gasteiger partial charge in [-0.1, -0.05) is 32.4 Å². The van der Waals surface area contributed by atoms with Crippen molar-refractivity contribution in [2.24, 2.45) is 0 Å². The fourth-order valence-corrected chi connectivity index (χ4v) is 5.04. The molecule has 0 radical (unpaired) electrons. The first-order chi connectivity index (χ1) is 18.2. The second kappa shape index (κ2) is 13.4. The molecule has 0 saturated carbocycles. The number of carbonyl (C=O) groups excluding carboxylic acids is 2. The van der Waals surface area contributed by atoms with Gasteiger partial charge in [0, 0.05) is 19.2 Å². The monoisotopic (exact) mass is 547 g/mol. The summed E-state index contributed by atoms with van der Waals surface area (Å²) >= 11 is 0. The van der Waals surface area contributed by atoms with Crippen LogP contribution in [0.15, 0.2) is 42.5 Å². The number of fused-ring (bicyclic) bond motifs is 1. The SMILES string of the molecule is CCCCNC(=O)[C@H](CC)N(Cc1cccc(OC)c1)C(=O)CN(c1ccc2c(c1)OCCO2)S(C)(=O)=O. The number of unbranched alkanes of at least 4 members (excludes halogenated alkanes) is 1. The molecule has 2 aromatic rings. The first-order valence-electron chi connectivity index (χ1n) is 12.7. The van der Waals surface area contributed by atoms with Gasteiger partial charge in [-0.25, -0.2) is 8.42 Å². The van der Waals surface area contributed by atoms with E-state index in [1.165, 1.54) is 4.90 Å². The number of nitrogens with zero attached hydrogens (tertiary/aromatic N) is 2. The number of sulfonamides is 1. The van der Waals surface area contributed by atoms with E-state index in [1.54, 1.807) is 43.5 Å². The van der Waals surface area contributed by atoms with Crippen LogP contribution in [0.1, 0.15) is 38.7 Å². The minimum Gasteiger partial charge on any atom is -0.497 e. The third-order valence-corrected chi connectivity index (χ3v) is 7.34. The Morgan fingerprint density at radius 3 is 2.47 bits per heavy atom. The number of carbonyl (C=O) groups is 2. The molecule has 10 nitrogen and oxygen atoms in total. The number of amides is 2. The molecule has 1 N–H and O–H groups in total. The van der Waals surface area contributed by atoms with E-state index in [0.717, 1.165) is 29.0 Å². The highest BCUT2D eigenvalue weighted by Gasteiger charge is 2.32. The summed E-state index contributed by atoms with van der Waals surface area (Å²) in [6.45, 7) is 4.71. The van der Waals surface area contributed by atoms with Gasteiger partial charge in [-0.05, 0) is 42.7 Å². The summed E-state index contributed by atoms with van der Waals surface area (Å²) in [5.74, 6) is 0.747. The lowest BCUT2D eigenvalue weighted by Gasteiger charge is -2.33. The molecule has 0 aliphatic carbocycles. The van der Waals surface area contributed by atoms with E-state index < -0.39 is 28.5 Å². The lowest BCUT2D eigenvalue weighted by molar-refractivity contribution is -0.140. The van der Waals surface area contributed by atoms with E-state index in [4.69, 9.17) is 14.2 Å². The number of methoxy groups -OCH3 is 1. The number of nitrogens with one attached hydrogen (secondary N) is 1. The lowest BCUT2D eigenvalue weighted by atomic mass is 10.1. The van der Waals surface area contributed by atoms with Crippen LogP contribution in [-0.2, 0) is 26.2 Å². The number of benzene rings is 2. The Kier molecular flexibility index (Phi) is 10.2. The van der Waals surface area contributed by atoms with Crippen LogP contribution in [0.25, 0.3) is 0 Å². The number of ether oxygens (including phenoxy) is 3. The van der Waals surface area contributed by atoms with Crippen molar-refractivity contribution >= 4 is 27.5 Å². The van der Waals surface area contributed by atoms with Gasteiger partial charge in [-0.15, -0.1) is 0 Å². The van der Waals surface area contributed by atoms with Gasteiger partial charge in [0.15, 0.2) is 11.5 Å². The highest BCUT2D eigenvalue weighted by molar-refractivity contribution is 7.92. The Labute approximate surface area is 224 Å². The Morgan fingerprint density at radius 2 is 1.82 bits per heavy atom. The number of hydrogen-bond donors (Lipinski definition) is 1. The van der Waals surface area contributed by atoms with Crippen molar-refractivity contribution in [1.29, 1.82) is 0 Å². The van der Waals surface area contributed by atoms with Gasteiger partial charge in [0.1, 0.15) is 31.5 Å². The van der Waals surface area contributed by atoms with Crippen molar-refractivity contribution in [3.05, 3.63) is 48.0 Å². The first-order valence-corrected chi connectivity index (χ1v) is 14.6. The predicted molar refractivity (Wildman–Crippen MR) is 145 cm³/mol. The summed E-state index contributed by atoms with van der Waals surface area (Å²) in [5.41, 5.74) is 1.02. The van der Waals surface area contributed by atoms with E-state index in [0.29, 0.717) is 43.4 Å². The molecule has 0 saturated heterocycles. The molecular weight excluding hydrogens is 510 g/mol. The highest BCUT2D eigenvalue weighted by atomic mass is 32.2. The summed E-state index contributed by atoms with van der Waals surface area (Å²) in [6.07, 6.45) is 3.13. The Morgan fingerprint density at radius 1 is 1.08 bits per heavy atom. The summed E-state index contributed by atoms with van der Waals surface area (Å²) in [7, 11) is -2.31. The largest absolute Gasteiger partial charge is 0.497 e. The zero-order valence-electron chi connectivity index (χ0n) is 22.4. The molecule has 3 rings (SSSR count). The molecule has 0 unspecified atom stereocenters. The van der Waals surface area contributed by atoms with E-state index in [1.807, 2.05) is 19.9 Å². The topological polar surface area (TPSA) is 114 Å². The van der Waals surface area contributed by atoms with E-state index >= 15 is 0 Å². The van der Waals surface area contributed by atoms with Crippen molar-refractivity contribution in [3.63, 3.8) is 0 Å². The van der Waals surface area contributed by atoms with Crippen LogP contribution in [0.5, 0.6) is 17.2 Å². The van der Waals surface area contributed by atoms with Crippen LogP contribution >= 0.6 is 0 Å². The smallest absolute Gasteiger partial charge is 0.244 e. The summed E-state index contributed by atoms with van der Waals surface area (Å²) < 4.78 is 43.2. The van der Waals surface area contributed by atoms with Crippen LogP contribution in [0.3, 0.4) is 0 Å². The maximum absolute atomic E-state index is 13.8. The van der Waals surface area contributed by atoms with Crippen molar-refractivity contribution < 1.29 is 32.2 Å². The average molecular weight is 548 g/mol. The Balaban J connectivity index is 1.93. The molecule has 1 atom stereocenters. The van der Waals surface area contributed by atoms with E-state index in [-0.39, 0.29) is 18.1 Å². The van der Waals surface area contributed by atoms with Crippen LogP contribution < -0.4 is 23.8 Å². The lowest BCUT2D eigenvalue weighted by Crippen LogP contribution is -2.52. The average Bonchev–Trinajstić information content (AvgIpc) is 2.90. The second-order valence-electron chi connectivity index (χ2n) is 9.04. The fourth-order valence-electron chi connectivity index (χ4n) is 4.19. The maximum atomic E-state index is 13.8. The standard InChI is InChI=1S/C27H37N3O7S/c1-5-7-13-28-27(32)23(6-2)29(18-20-9-8-10-22(16-20)35-3)26(31)19-30(38(4,33)34)21-11-12-24-25(17-21)37-15-14-36-24/h8-12,16-17,23H,5-7,13-15,18-19H2,1-4H3,(H,28,32)/t23-/m0/s1. The molecule has 2 aromatic carbocycles. The summed E-state index contributed by atoms with van der Waals surface area (Å²) in [6, 6.07) is 11.2. The molecular formula is C27H37N3O7S. The highest BCUT2D eigenvalue weighted by Crippen LogP contribution is 2.34. The molecule has 1 aliphatic rings. The van der Waals surface area contributed by atoms with Crippen LogP contribution in [0.4, 0.5) is 5.69 Å². The molecule has 0 spiro atoms. The predicted octanol–water partition coefficient (Wildman–Crippen LogP) is 2.96. The van der Waals surface area contributed by atoms with E-state index in [9.17, 15) is 18.0 Å². The van der Waals surface area contributed by atoms with Gasteiger partial charge < -0.3 is 24.4 Å². The summed E-state index contributed by atoms with van der Waals surface area (Å²) in [4.78, 5) is 28.4. The fraction of sp³-hybridized carbons (Fsp3) is 0.481. The van der Waals surface area contributed by atoms with Gasteiger partial charge in [0.2, 0.25) is 21.8 Å². The quantitative estimate of drug-likeness (QED) is 0.384. The number of rotatable bonds is 13. The van der Waals surface area contributed by atoms with Crippen molar-refractivity contribution in [2.75, 3.05) is 44.0 Å². The third kappa shape index (κ3) is 7.53. The molecule has 38 heavy (non-hydrogen) atoms. The number of hydrogen-bond acceptors (Lipinski definition) is 7. The third-order valence-electron chi connectivity index (χ3n) is 6.20. The van der Waals surface area contributed by atoms with Crippen LogP contribution in [-0.4, -0.2) is 70.8 Å².